The quantitative estimate of drug-likeness (QED) is 0.421. The van der Waals surface area contributed by atoms with Crippen molar-refractivity contribution in [2.45, 2.75) is 26.9 Å². The summed E-state index contributed by atoms with van der Waals surface area (Å²) >= 11 is 0. The zero-order chi connectivity index (χ0) is 20.9. The average molecular weight is 394 g/mol. The maximum Gasteiger partial charge on any atom is 0.407 e. The Morgan fingerprint density at radius 2 is 1.68 bits per heavy atom. The Labute approximate surface area is 162 Å². The Morgan fingerprint density at radius 1 is 1.04 bits per heavy atom. The van der Waals surface area contributed by atoms with Gasteiger partial charge in [-0.15, -0.1) is 0 Å². The molecule has 0 saturated carbocycles. The van der Waals surface area contributed by atoms with Crippen LogP contribution in [0.5, 0.6) is 5.75 Å². The van der Waals surface area contributed by atoms with Gasteiger partial charge in [0.25, 0.3) is 0 Å². The normalized spacial score (nSPS) is 11.8. The number of halogens is 4. The minimum Gasteiger partial charge on any atom is -0.492 e. The Morgan fingerprint density at radius 3 is 2.21 bits per heavy atom. The van der Waals surface area contributed by atoms with Crippen molar-refractivity contribution in [1.29, 1.82) is 0 Å². The second-order valence-corrected chi connectivity index (χ2v) is 7.60. The highest BCUT2D eigenvalue weighted by Gasteiger charge is 2.34. The van der Waals surface area contributed by atoms with E-state index in [4.69, 9.17) is 11.3 Å². The van der Waals surface area contributed by atoms with Gasteiger partial charge in [0.15, 0.2) is 5.69 Å². The Bertz CT molecular complexity index is 833. The monoisotopic (exact) mass is 394 g/mol. The van der Waals surface area contributed by atoms with Crippen molar-refractivity contribution in [2.24, 2.45) is 5.41 Å². The smallest absolute Gasteiger partial charge is 0.407 e. The Balaban J connectivity index is 2.23. The van der Waals surface area contributed by atoms with E-state index in [1.54, 1.807) is 4.90 Å². The Kier molecular flexibility index (Phi) is 6.55. The minimum absolute atomic E-state index is 0.174. The molecule has 0 fully saturated rings. The van der Waals surface area contributed by atoms with Crippen LogP contribution < -0.4 is 9.64 Å². The number of ether oxygens (including phenoxy) is 1. The van der Waals surface area contributed by atoms with Crippen LogP contribution >= 0.6 is 0 Å². The van der Waals surface area contributed by atoms with E-state index in [1.165, 1.54) is 36.4 Å². The van der Waals surface area contributed by atoms with Crippen molar-refractivity contribution < 1.29 is 22.3 Å². The lowest BCUT2D eigenvalue weighted by Gasteiger charge is -2.32. The van der Waals surface area contributed by atoms with Gasteiger partial charge in [0, 0.05) is 12.2 Å². The first-order valence-electron chi connectivity index (χ1n) is 8.71. The van der Waals surface area contributed by atoms with E-state index in [9.17, 15) is 17.6 Å². The summed E-state index contributed by atoms with van der Waals surface area (Å²) in [4.78, 5) is 4.78. The van der Waals surface area contributed by atoms with Gasteiger partial charge in [-0.05, 0) is 41.8 Å². The summed E-state index contributed by atoms with van der Waals surface area (Å²) in [6, 6.07) is 9.28. The van der Waals surface area contributed by atoms with Gasteiger partial charge in [0.1, 0.15) is 18.2 Å². The number of benzene rings is 2. The molecule has 2 rings (SSSR count). The molecule has 0 amide bonds. The van der Waals surface area contributed by atoms with Crippen molar-refractivity contribution >= 4 is 11.4 Å². The van der Waals surface area contributed by atoms with E-state index < -0.39 is 17.4 Å². The fraction of sp³-hybridized carbons (Fsp3) is 0.381. The van der Waals surface area contributed by atoms with Gasteiger partial charge in [-0.1, -0.05) is 26.8 Å². The summed E-state index contributed by atoms with van der Waals surface area (Å²) in [5.41, 5.74) is -1.17. The number of nitrogens with zero attached hydrogens (tertiary/aromatic N) is 2. The highest BCUT2D eigenvalue weighted by atomic mass is 19.4. The second-order valence-electron chi connectivity index (χ2n) is 7.60. The lowest BCUT2D eigenvalue weighted by molar-refractivity contribution is -0.136. The molecule has 0 aliphatic carbocycles. The summed E-state index contributed by atoms with van der Waals surface area (Å²) in [6.45, 7) is 14.0. The molecule has 0 radical (unpaired) electrons. The molecule has 0 heterocycles. The van der Waals surface area contributed by atoms with Crippen molar-refractivity contribution in [3.63, 3.8) is 0 Å². The first-order chi connectivity index (χ1) is 13.0. The van der Waals surface area contributed by atoms with Gasteiger partial charge in [0.05, 0.1) is 18.7 Å². The molecule has 3 nitrogen and oxygen atoms in total. The van der Waals surface area contributed by atoms with Gasteiger partial charge >= 0.3 is 6.18 Å². The van der Waals surface area contributed by atoms with Crippen LogP contribution in [0.3, 0.4) is 0 Å². The van der Waals surface area contributed by atoms with Crippen LogP contribution in [-0.2, 0) is 6.18 Å². The molecule has 2 aromatic rings. The predicted molar refractivity (Wildman–Crippen MR) is 101 cm³/mol. The van der Waals surface area contributed by atoms with Crippen LogP contribution in [0.2, 0.25) is 0 Å². The van der Waals surface area contributed by atoms with E-state index in [2.05, 4.69) is 4.85 Å². The molecule has 0 spiro atoms. The zero-order valence-corrected chi connectivity index (χ0v) is 16.0. The number of hydrogen-bond donors (Lipinski definition) is 0. The highest BCUT2D eigenvalue weighted by Crippen LogP contribution is 2.39. The Hall–Kier alpha value is -2.75. The molecule has 0 aliphatic rings. The molecule has 28 heavy (non-hydrogen) atoms. The van der Waals surface area contributed by atoms with E-state index in [1.807, 2.05) is 20.8 Å². The third-order valence-corrected chi connectivity index (χ3v) is 3.88. The molecule has 2 aromatic carbocycles. The number of alkyl halides is 3. The molecule has 0 unspecified atom stereocenters. The largest absolute Gasteiger partial charge is 0.492 e. The van der Waals surface area contributed by atoms with E-state index >= 15 is 0 Å². The minimum atomic E-state index is -4.60. The highest BCUT2D eigenvalue weighted by molar-refractivity contribution is 5.62. The van der Waals surface area contributed by atoms with Gasteiger partial charge in [-0.3, -0.25) is 0 Å². The van der Waals surface area contributed by atoms with Gasteiger partial charge < -0.3 is 9.64 Å². The lowest BCUT2D eigenvalue weighted by atomic mass is 9.95. The van der Waals surface area contributed by atoms with Crippen LogP contribution in [0.15, 0.2) is 42.5 Å². The van der Waals surface area contributed by atoms with Crippen molar-refractivity contribution in [3.8, 4) is 5.75 Å². The number of rotatable bonds is 6. The lowest BCUT2D eigenvalue weighted by Crippen LogP contribution is -2.36. The summed E-state index contributed by atoms with van der Waals surface area (Å²) in [5, 5.41) is 0. The van der Waals surface area contributed by atoms with Gasteiger partial charge in [0.2, 0.25) is 0 Å². The van der Waals surface area contributed by atoms with Crippen molar-refractivity contribution in [1.82, 2.24) is 0 Å². The molecular weight excluding hydrogens is 372 g/mol. The standard InChI is InChI=1S/C21H22F4N2O/c1-20(2,3)14-27(11-12-28-17-8-5-15(22)6-9-17)16-7-10-19(26-4)18(13-16)21(23,24)25/h5-10,13H,11-12,14H2,1-3H3. The molecule has 7 heteroatoms. The van der Waals surface area contributed by atoms with Crippen LogP contribution in [0.25, 0.3) is 4.85 Å². The first kappa shape index (κ1) is 21.5. The third-order valence-electron chi connectivity index (χ3n) is 3.88. The SMILES string of the molecule is [C-]#[N+]c1ccc(N(CCOc2ccc(F)cc2)CC(C)(C)C)cc1C(F)(F)F. The van der Waals surface area contributed by atoms with E-state index in [-0.39, 0.29) is 17.8 Å². The average Bonchev–Trinajstić information content (AvgIpc) is 2.60. The molecule has 0 atom stereocenters. The fourth-order valence-electron chi connectivity index (χ4n) is 2.72. The number of anilines is 1. The van der Waals surface area contributed by atoms with Crippen LogP contribution in [0.1, 0.15) is 26.3 Å². The maximum atomic E-state index is 13.3. The first-order valence-corrected chi connectivity index (χ1v) is 8.71. The van der Waals surface area contributed by atoms with E-state index in [0.717, 1.165) is 6.07 Å². The molecule has 0 bridgehead atoms. The fourth-order valence-corrected chi connectivity index (χ4v) is 2.72. The van der Waals surface area contributed by atoms with Crippen LogP contribution in [0.4, 0.5) is 28.9 Å². The van der Waals surface area contributed by atoms with Crippen molar-refractivity contribution in [3.05, 3.63) is 65.3 Å². The molecule has 150 valence electrons. The zero-order valence-electron chi connectivity index (χ0n) is 16.0. The maximum absolute atomic E-state index is 13.3. The summed E-state index contributed by atoms with van der Waals surface area (Å²) in [6.07, 6.45) is -4.60. The topological polar surface area (TPSA) is 16.8 Å². The molecule has 0 aromatic heterocycles. The van der Waals surface area contributed by atoms with Crippen LogP contribution in [-0.4, -0.2) is 19.7 Å². The van der Waals surface area contributed by atoms with Crippen molar-refractivity contribution in [2.75, 3.05) is 24.6 Å². The number of hydrogen-bond acceptors (Lipinski definition) is 2. The van der Waals surface area contributed by atoms with Crippen LogP contribution in [0, 0.1) is 17.8 Å². The van der Waals surface area contributed by atoms with Gasteiger partial charge in [-0.2, -0.15) is 13.2 Å². The van der Waals surface area contributed by atoms with E-state index in [0.29, 0.717) is 24.5 Å². The van der Waals surface area contributed by atoms with Gasteiger partial charge in [-0.25, -0.2) is 9.24 Å². The second kappa shape index (κ2) is 8.51. The molecule has 0 saturated heterocycles. The predicted octanol–water partition coefficient (Wildman–Crippen LogP) is 6.33. The summed E-state index contributed by atoms with van der Waals surface area (Å²) < 4.78 is 58.5. The third kappa shape index (κ3) is 6.15. The summed E-state index contributed by atoms with van der Waals surface area (Å²) in [5.74, 6) is 0.109. The molecule has 0 N–H and O–H groups in total. The molecule has 0 aliphatic heterocycles. The molecular formula is C21H22F4N2O. The summed E-state index contributed by atoms with van der Waals surface area (Å²) in [7, 11) is 0.